The van der Waals surface area contributed by atoms with Crippen molar-refractivity contribution < 1.29 is 13.9 Å². The van der Waals surface area contributed by atoms with E-state index in [1.54, 1.807) is 19.1 Å². The zero-order valence-corrected chi connectivity index (χ0v) is 11.9. The van der Waals surface area contributed by atoms with Crippen molar-refractivity contribution in [2.45, 2.75) is 26.8 Å². The van der Waals surface area contributed by atoms with E-state index >= 15 is 0 Å². The van der Waals surface area contributed by atoms with Crippen LogP contribution in [0.25, 0.3) is 0 Å². The van der Waals surface area contributed by atoms with Gasteiger partial charge in [-0.05, 0) is 26.0 Å². The molecular formula is C15H19FN2O2. The third-order valence-corrected chi connectivity index (χ3v) is 2.79. The third-order valence-electron chi connectivity index (χ3n) is 2.79. The van der Waals surface area contributed by atoms with Crippen molar-refractivity contribution >= 4 is 5.97 Å². The number of benzene rings is 1. The average Bonchev–Trinajstić information content (AvgIpc) is 2.41. The first-order valence-corrected chi connectivity index (χ1v) is 6.67. The van der Waals surface area contributed by atoms with E-state index in [9.17, 15) is 9.18 Å². The first kappa shape index (κ1) is 16.1. The van der Waals surface area contributed by atoms with Crippen LogP contribution in [0.2, 0.25) is 0 Å². The molecule has 5 heteroatoms. The summed E-state index contributed by atoms with van der Waals surface area (Å²) in [4.78, 5) is 13.3. The molecule has 0 bridgehead atoms. The zero-order valence-electron chi connectivity index (χ0n) is 11.9. The Hall–Kier alpha value is -1.93. The molecular weight excluding hydrogens is 259 g/mol. The Morgan fingerprint density at radius 3 is 2.80 bits per heavy atom. The van der Waals surface area contributed by atoms with Crippen LogP contribution < -0.4 is 0 Å². The Kier molecular flexibility index (Phi) is 6.68. The Labute approximate surface area is 118 Å². The van der Waals surface area contributed by atoms with Crippen molar-refractivity contribution in [3.63, 3.8) is 0 Å². The van der Waals surface area contributed by atoms with Crippen LogP contribution in [-0.2, 0) is 16.1 Å². The van der Waals surface area contributed by atoms with Crippen molar-refractivity contribution in [1.82, 2.24) is 4.90 Å². The van der Waals surface area contributed by atoms with E-state index in [2.05, 4.69) is 0 Å². The summed E-state index contributed by atoms with van der Waals surface area (Å²) in [6.07, 6.45) is 0.846. The number of carbonyl (C=O) groups is 1. The number of nitrogens with zero attached hydrogens (tertiary/aromatic N) is 2. The molecule has 0 amide bonds. The van der Waals surface area contributed by atoms with Gasteiger partial charge in [-0.3, -0.25) is 9.69 Å². The summed E-state index contributed by atoms with van der Waals surface area (Å²) in [5.74, 6) is -0.835. The van der Waals surface area contributed by atoms with Crippen molar-refractivity contribution in [3.8, 4) is 6.07 Å². The van der Waals surface area contributed by atoms with Crippen molar-refractivity contribution in [1.29, 1.82) is 5.26 Å². The Bertz CT molecular complexity index is 497. The molecule has 1 rings (SSSR count). The molecule has 0 spiro atoms. The van der Waals surface area contributed by atoms with E-state index in [-0.39, 0.29) is 24.6 Å². The monoisotopic (exact) mass is 278 g/mol. The van der Waals surface area contributed by atoms with Crippen molar-refractivity contribution in [2.75, 3.05) is 19.7 Å². The lowest BCUT2D eigenvalue weighted by Gasteiger charge is -2.21. The lowest BCUT2D eigenvalue weighted by Crippen LogP contribution is -2.31. The van der Waals surface area contributed by atoms with Crippen LogP contribution in [0, 0.1) is 17.1 Å². The summed E-state index contributed by atoms with van der Waals surface area (Å²) in [6.45, 7) is 5.14. The third kappa shape index (κ3) is 4.63. The Morgan fingerprint density at radius 2 is 2.20 bits per heavy atom. The second-order valence-corrected chi connectivity index (χ2v) is 4.41. The topological polar surface area (TPSA) is 53.3 Å². The van der Waals surface area contributed by atoms with E-state index in [4.69, 9.17) is 10.00 Å². The van der Waals surface area contributed by atoms with Gasteiger partial charge in [-0.15, -0.1) is 0 Å². The maximum Gasteiger partial charge on any atom is 0.320 e. The van der Waals surface area contributed by atoms with E-state index in [1.165, 1.54) is 6.07 Å². The molecule has 1 aromatic carbocycles. The first-order chi connectivity index (χ1) is 9.62. The minimum absolute atomic E-state index is 0.0232. The predicted octanol–water partition coefficient (Wildman–Crippen LogP) is 2.47. The normalized spacial score (nSPS) is 10.3. The van der Waals surface area contributed by atoms with Crippen LogP contribution in [0.3, 0.4) is 0 Å². The van der Waals surface area contributed by atoms with Gasteiger partial charge in [-0.25, -0.2) is 4.39 Å². The second-order valence-electron chi connectivity index (χ2n) is 4.41. The standard InChI is InChI=1S/C15H19FN2O2/c1-3-8-18(11-14(19)20-4-2)10-13-7-5-6-12(9-17)15(13)16/h5-7H,3-4,8,10-11H2,1-2H3. The van der Waals surface area contributed by atoms with Crippen LogP contribution in [0.5, 0.6) is 0 Å². The number of ether oxygens (including phenoxy) is 1. The molecule has 0 fully saturated rings. The van der Waals surface area contributed by atoms with Gasteiger partial charge in [0.2, 0.25) is 0 Å². The highest BCUT2D eigenvalue weighted by Crippen LogP contribution is 2.14. The maximum absolute atomic E-state index is 14.0. The smallest absolute Gasteiger partial charge is 0.320 e. The van der Waals surface area contributed by atoms with Gasteiger partial charge in [0.1, 0.15) is 11.9 Å². The van der Waals surface area contributed by atoms with E-state index in [0.29, 0.717) is 18.7 Å². The maximum atomic E-state index is 14.0. The summed E-state index contributed by atoms with van der Waals surface area (Å²) >= 11 is 0. The minimum Gasteiger partial charge on any atom is -0.465 e. The number of nitriles is 1. The average molecular weight is 278 g/mol. The zero-order chi connectivity index (χ0) is 15.0. The molecule has 0 saturated heterocycles. The van der Waals surface area contributed by atoms with Crippen molar-refractivity contribution in [3.05, 3.63) is 35.1 Å². The lowest BCUT2D eigenvalue weighted by atomic mass is 10.1. The van der Waals surface area contributed by atoms with Crippen LogP contribution in [0.15, 0.2) is 18.2 Å². The second kappa shape index (κ2) is 8.28. The molecule has 0 radical (unpaired) electrons. The van der Waals surface area contributed by atoms with Crippen LogP contribution in [-0.4, -0.2) is 30.6 Å². The fourth-order valence-electron chi connectivity index (χ4n) is 1.95. The highest BCUT2D eigenvalue weighted by molar-refractivity contribution is 5.71. The fraction of sp³-hybridized carbons (Fsp3) is 0.467. The van der Waals surface area contributed by atoms with Gasteiger partial charge < -0.3 is 4.74 Å². The molecule has 0 aromatic heterocycles. The quantitative estimate of drug-likeness (QED) is 0.719. The molecule has 0 N–H and O–H groups in total. The number of halogens is 1. The molecule has 0 unspecified atom stereocenters. The summed E-state index contributed by atoms with van der Waals surface area (Å²) in [6, 6.07) is 6.53. The molecule has 1 aromatic rings. The molecule has 0 heterocycles. The summed E-state index contributed by atoms with van der Waals surface area (Å²) in [5, 5.41) is 8.82. The fourth-order valence-corrected chi connectivity index (χ4v) is 1.95. The van der Waals surface area contributed by atoms with Gasteiger partial charge in [0.25, 0.3) is 0 Å². The van der Waals surface area contributed by atoms with Crippen LogP contribution >= 0.6 is 0 Å². The molecule has 0 atom stereocenters. The Balaban J connectivity index is 2.80. The minimum atomic E-state index is -0.514. The van der Waals surface area contributed by atoms with Gasteiger partial charge in [0.15, 0.2) is 0 Å². The molecule has 108 valence electrons. The molecule has 0 aliphatic rings. The van der Waals surface area contributed by atoms with E-state index in [0.717, 1.165) is 6.42 Å². The summed E-state index contributed by atoms with van der Waals surface area (Å²) in [7, 11) is 0. The van der Waals surface area contributed by atoms with Gasteiger partial charge in [0.05, 0.1) is 18.7 Å². The first-order valence-electron chi connectivity index (χ1n) is 6.67. The van der Waals surface area contributed by atoms with E-state index < -0.39 is 5.82 Å². The van der Waals surface area contributed by atoms with Gasteiger partial charge >= 0.3 is 5.97 Å². The summed E-state index contributed by atoms with van der Waals surface area (Å²) in [5.41, 5.74) is 0.442. The van der Waals surface area contributed by atoms with Crippen molar-refractivity contribution in [2.24, 2.45) is 0 Å². The van der Waals surface area contributed by atoms with Gasteiger partial charge in [-0.2, -0.15) is 5.26 Å². The number of hydrogen-bond donors (Lipinski definition) is 0. The van der Waals surface area contributed by atoms with Gasteiger partial charge in [0, 0.05) is 12.1 Å². The number of esters is 1. The SMILES string of the molecule is CCCN(CC(=O)OCC)Cc1cccc(C#N)c1F. The molecule has 4 nitrogen and oxygen atoms in total. The number of hydrogen-bond acceptors (Lipinski definition) is 4. The molecule has 20 heavy (non-hydrogen) atoms. The predicted molar refractivity (Wildman–Crippen MR) is 73.3 cm³/mol. The van der Waals surface area contributed by atoms with Gasteiger partial charge in [-0.1, -0.05) is 19.1 Å². The molecule has 0 aliphatic carbocycles. The Morgan fingerprint density at radius 1 is 1.45 bits per heavy atom. The van der Waals surface area contributed by atoms with Crippen LogP contribution in [0.1, 0.15) is 31.4 Å². The molecule has 0 aliphatic heterocycles. The number of rotatable bonds is 7. The summed E-state index contributed by atoms with van der Waals surface area (Å²) < 4.78 is 18.9. The highest BCUT2D eigenvalue weighted by atomic mass is 19.1. The molecule has 0 saturated carbocycles. The van der Waals surface area contributed by atoms with Crippen LogP contribution in [0.4, 0.5) is 4.39 Å². The lowest BCUT2D eigenvalue weighted by molar-refractivity contribution is -0.144. The van der Waals surface area contributed by atoms with E-state index in [1.807, 2.05) is 17.9 Å². The number of carbonyl (C=O) groups excluding carboxylic acids is 1. The highest BCUT2D eigenvalue weighted by Gasteiger charge is 2.15. The largest absolute Gasteiger partial charge is 0.465 e.